The maximum absolute atomic E-state index is 13.5. The second-order valence-corrected chi connectivity index (χ2v) is 10.5. The van der Waals surface area contributed by atoms with Crippen LogP contribution in [-0.2, 0) is 26.5 Å². The summed E-state index contributed by atoms with van der Waals surface area (Å²) in [6.45, 7) is 2.45. The summed E-state index contributed by atoms with van der Waals surface area (Å²) in [7, 11) is -1.11. The number of benzene rings is 2. The number of rotatable bonds is 7. The summed E-state index contributed by atoms with van der Waals surface area (Å²) in [5.41, 5.74) is 0.769. The molecule has 0 amide bonds. The van der Waals surface area contributed by atoms with Gasteiger partial charge in [-0.3, -0.25) is 13.8 Å². The summed E-state index contributed by atoms with van der Waals surface area (Å²) < 4.78 is 41.9. The maximum atomic E-state index is 13.5. The van der Waals surface area contributed by atoms with E-state index in [4.69, 9.17) is 9.47 Å². The average Bonchev–Trinajstić information content (AvgIpc) is 3.10. The van der Waals surface area contributed by atoms with Gasteiger partial charge in [-0.2, -0.15) is 0 Å². The SMILES string of the molecule is Cc1c(N(C)S(=O)(=O)c2cccc(C(=O)OCC3CCCCO3)c2)c(=O)n(-c2ccccc2)n1C. The fraction of sp³-hybridized carbons (Fsp3) is 0.360. The highest BCUT2D eigenvalue weighted by molar-refractivity contribution is 7.92. The lowest BCUT2D eigenvalue weighted by molar-refractivity contribution is -0.0300. The molecule has 1 unspecified atom stereocenters. The molecule has 1 fully saturated rings. The van der Waals surface area contributed by atoms with Crippen LogP contribution in [-0.4, -0.2) is 50.1 Å². The van der Waals surface area contributed by atoms with Gasteiger partial charge in [0.15, 0.2) is 0 Å². The smallest absolute Gasteiger partial charge is 0.338 e. The molecular formula is C25H29N3O6S. The van der Waals surface area contributed by atoms with Crippen LogP contribution in [0.3, 0.4) is 0 Å². The minimum Gasteiger partial charge on any atom is -0.459 e. The summed E-state index contributed by atoms with van der Waals surface area (Å²) in [4.78, 5) is 25.8. The Morgan fingerprint density at radius 1 is 1.14 bits per heavy atom. The van der Waals surface area contributed by atoms with Crippen molar-refractivity contribution in [2.45, 2.75) is 37.2 Å². The maximum Gasteiger partial charge on any atom is 0.338 e. The van der Waals surface area contributed by atoms with Gasteiger partial charge in [-0.25, -0.2) is 17.9 Å². The third-order valence-corrected chi connectivity index (χ3v) is 7.99. The van der Waals surface area contributed by atoms with Crippen molar-refractivity contribution in [3.8, 4) is 5.69 Å². The molecule has 2 aromatic carbocycles. The standard InChI is InChI=1S/C25H29N3O6S/c1-18-23(24(29)28(26(18)2)20-11-5-4-6-12-20)27(3)35(31,32)22-14-9-10-19(16-22)25(30)34-17-21-13-7-8-15-33-21/h4-6,9-12,14,16,21H,7-8,13,15,17H2,1-3H3. The number of para-hydroxylation sites is 1. The topological polar surface area (TPSA) is 99.8 Å². The number of anilines is 1. The third kappa shape index (κ3) is 4.89. The molecule has 1 aliphatic rings. The lowest BCUT2D eigenvalue weighted by atomic mass is 10.1. The van der Waals surface area contributed by atoms with Crippen LogP contribution in [0.4, 0.5) is 5.69 Å². The van der Waals surface area contributed by atoms with Gasteiger partial charge in [0.05, 0.1) is 27.9 Å². The van der Waals surface area contributed by atoms with Gasteiger partial charge in [-0.15, -0.1) is 0 Å². The van der Waals surface area contributed by atoms with E-state index in [2.05, 4.69) is 0 Å². The normalized spacial score (nSPS) is 16.1. The Labute approximate surface area is 204 Å². The zero-order valence-corrected chi connectivity index (χ0v) is 20.8. The first-order chi connectivity index (χ1) is 16.7. The highest BCUT2D eigenvalue weighted by Gasteiger charge is 2.29. The Kier molecular flexibility index (Phi) is 7.13. The molecule has 0 spiro atoms. The molecular weight excluding hydrogens is 470 g/mol. The number of aromatic nitrogens is 2. The second kappa shape index (κ2) is 10.1. The number of hydrogen-bond acceptors (Lipinski definition) is 6. The Morgan fingerprint density at radius 2 is 1.89 bits per heavy atom. The van der Waals surface area contributed by atoms with Crippen LogP contribution in [0.15, 0.2) is 64.3 Å². The number of hydrogen-bond donors (Lipinski definition) is 0. The van der Waals surface area contributed by atoms with Crippen molar-refractivity contribution in [2.24, 2.45) is 7.05 Å². The number of ether oxygens (including phenoxy) is 2. The highest BCUT2D eigenvalue weighted by atomic mass is 32.2. The molecule has 35 heavy (non-hydrogen) atoms. The summed E-state index contributed by atoms with van der Waals surface area (Å²) in [6.07, 6.45) is 2.70. The Hall–Kier alpha value is -3.37. The summed E-state index contributed by atoms with van der Waals surface area (Å²) in [5, 5.41) is 0. The summed E-state index contributed by atoms with van der Waals surface area (Å²) in [6, 6.07) is 14.6. The lowest BCUT2D eigenvalue weighted by Crippen LogP contribution is -2.32. The van der Waals surface area contributed by atoms with Crippen molar-refractivity contribution in [1.29, 1.82) is 0 Å². The van der Waals surface area contributed by atoms with E-state index in [1.165, 1.54) is 36.0 Å². The zero-order valence-electron chi connectivity index (χ0n) is 20.0. The number of nitrogens with zero attached hydrogens (tertiary/aromatic N) is 3. The van der Waals surface area contributed by atoms with Gasteiger partial charge < -0.3 is 9.47 Å². The predicted molar refractivity (Wildman–Crippen MR) is 132 cm³/mol. The van der Waals surface area contributed by atoms with Crippen LogP contribution >= 0.6 is 0 Å². The third-order valence-electron chi connectivity index (χ3n) is 6.24. The van der Waals surface area contributed by atoms with Crippen molar-refractivity contribution in [3.05, 3.63) is 76.2 Å². The Bertz CT molecular complexity index is 1370. The molecule has 0 aliphatic carbocycles. The molecule has 1 aliphatic heterocycles. The first-order valence-corrected chi connectivity index (χ1v) is 12.9. The van der Waals surface area contributed by atoms with E-state index in [0.29, 0.717) is 18.0 Å². The minimum atomic E-state index is -4.14. The first-order valence-electron chi connectivity index (χ1n) is 11.4. The Balaban J connectivity index is 1.61. The molecule has 3 aromatic rings. The zero-order chi connectivity index (χ0) is 25.2. The van der Waals surface area contributed by atoms with Gasteiger partial charge in [0.2, 0.25) is 0 Å². The molecule has 0 bridgehead atoms. The number of esters is 1. The van der Waals surface area contributed by atoms with Gasteiger partial charge >= 0.3 is 5.97 Å². The van der Waals surface area contributed by atoms with Crippen LogP contribution in [0, 0.1) is 6.92 Å². The summed E-state index contributed by atoms with van der Waals surface area (Å²) >= 11 is 0. The van der Waals surface area contributed by atoms with E-state index in [0.717, 1.165) is 23.6 Å². The fourth-order valence-corrected chi connectivity index (χ4v) is 5.46. The van der Waals surface area contributed by atoms with Crippen molar-refractivity contribution in [1.82, 2.24) is 9.36 Å². The largest absolute Gasteiger partial charge is 0.459 e. The molecule has 1 aromatic heterocycles. The number of carbonyl (C=O) groups is 1. The molecule has 1 atom stereocenters. The van der Waals surface area contributed by atoms with E-state index >= 15 is 0 Å². The van der Waals surface area contributed by atoms with E-state index in [1.807, 2.05) is 6.07 Å². The van der Waals surface area contributed by atoms with Crippen LogP contribution in [0.5, 0.6) is 0 Å². The molecule has 186 valence electrons. The van der Waals surface area contributed by atoms with E-state index in [-0.39, 0.29) is 28.9 Å². The van der Waals surface area contributed by atoms with Crippen molar-refractivity contribution in [3.63, 3.8) is 0 Å². The van der Waals surface area contributed by atoms with Gasteiger partial charge in [-0.1, -0.05) is 24.3 Å². The molecule has 2 heterocycles. The molecule has 4 rings (SSSR count). The van der Waals surface area contributed by atoms with Crippen LogP contribution in [0.2, 0.25) is 0 Å². The van der Waals surface area contributed by atoms with Gasteiger partial charge in [0.25, 0.3) is 15.6 Å². The Morgan fingerprint density at radius 3 is 2.57 bits per heavy atom. The van der Waals surface area contributed by atoms with E-state index < -0.39 is 21.6 Å². The van der Waals surface area contributed by atoms with E-state index in [1.54, 1.807) is 42.9 Å². The first kappa shape index (κ1) is 24.7. The minimum absolute atomic E-state index is 0.0266. The molecule has 0 radical (unpaired) electrons. The van der Waals surface area contributed by atoms with Crippen LogP contribution in [0.1, 0.15) is 35.3 Å². The van der Waals surface area contributed by atoms with E-state index in [9.17, 15) is 18.0 Å². The van der Waals surface area contributed by atoms with Crippen molar-refractivity contribution >= 4 is 21.7 Å². The second-order valence-electron chi connectivity index (χ2n) is 8.50. The molecule has 10 heteroatoms. The molecule has 0 saturated carbocycles. The van der Waals surface area contributed by atoms with Crippen molar-refractivity contribution in [2.75, 3.05) is 24.6 Å². The van der Waals surface area contributed by atoms with Gasteiger partial charge in [0, 0.05) is 20.7 Å². The highest BCUT2D eigenvalue weighted by Crippen LogP contribution is 2.25. The van der Waals surface area contributed by atoms with Crippen molar-refractivity contribution < 1.29 is 22.7 Å². The summed E-state index contributed by atoms with van der Waals surface area (Å²) in [5.74, 6) is -0.624. The van der Waals surface area contributed by atoms with Gasteiger partial charge in [-0.05, 0) is 56.5 Å². The predicted octanol–water partition coefficient (Wildman–Crippen LogP) is 3.04. The lowest BCUT2D eigenvalue weighted by Gasteiger charge is -2.22. The molecule has 1 saturated heterocycles. The van der Waals surface area contributed by atoms with Crippen LogP contribution < -0.4 is 9.86 Å². The number of carbonyl (C=O) groups excluding carboxylic acids is 1. The monoisotopic (exact) mass is 499 g/mol. The van der Waals surface area contributed by atoms with Gasteiger partial charge in [0.1, 0.15) is 12.3 Å². The average molecular weight is 500 g/mol. The quantitative estimate of drug-likeness (QED) is 0.464. The fourth-order valence-electron chi connectivity index (χ4n) is 4.17. The van der Waals surface area contributed by atoms with Crippen LogP contribution in [0.25, 0.3) is 5.69 Å². The molecule has 9 nitrogen and oxygen atoms in total. The number of sulfonamides is 1. The molecule has 0 N–H and O–H groups in total.